The summed E-state index contributed by atoms with van der Waals surface area (Å²) in [4.78, 5) is 14.0. The Balaban J connectivity index is 1.89. The van der Waals surface area contributed by atoms with Crippen molar-refractivity contribution in [3.8, 4) is 0 Å². The predicted molar refractivity (Wildman–Crippen MR) is 66.5 cm³/mol. The highest BCUT2D eigenvalue weighted by Gasteiger charge is 2.45. The lowest BCUT2D eigenvalue weighted by Crippen LogP contribution is -2.38. The summed E-state index contributed by atoms with van der Waals surface area (Å²) in [5, 5.41) is 0.208. The predicted octanol–water partition coefficient (Wildman–Crippen LogP) is 1.37. The van der Waals surface area contributed by atoms with E-state index in [1.807, 2.05) is 29.2 Å². The summed E-state index contributed by atoms with van der Waals surface area (Å²) in [6.07, 6.45) is 1.02. The Kier molecular flexibility index (Phi) is 2.41. The number of anilines is 1. The van der Waals surface area contributed by atoms with Crippen LogP contribution >= 0.6 is 11.8 Å². The van der Waals surface area contributed by atoms with E-state index in [9.17, 15) is 4.79 Å². The molecule has 2 aliphatic heterocycles. The standard InChI is InChI=1S/C12H14N2OS/c13-6-8-1-3-9(4-2-8)14-10-5-11(12(14)15)16-7-10/h1-4,10-11H,5-7,13H2. The number of nitrogens with zero attached hydrogens (tertiary/aromatic N) is 1. The summed E-state index contributed by atoms with van der Waals surface area (Å²) in [6.45, 7) is 0.552. The molecule has 16 heavy (non-hydrogen) atoms. The van der Waals surface area contributed by atoms with Gasteiger partial charge in [-0.15, -0.1) is 11.8 Å². The molecule has 2 saturated heterocycles. The Labute approximate surface area is 99.0 Å². The Bertz CT molecular complexity index is 418. The van der Waals surface area contributed by atoms with Crippen LogP contribution in [-0.2, 0) is 11.3 Å². The van der Waals surface area contributed by atoms with Gasteiger partial charge in [-0.25, -0.2) is 0 Å². The Morgan fingerprint density at radius 2 is 2.12 bits per heavy atom. The number of hydrogen-bond donors (Lipinski definition) is 1. The van der Waals surface area contributed by atoms with Crippen LogP contribution in [0.1, 0.15) is 12.0 Å². The summed E-state index contributed by atoms with van der Waals surface area (Å²) in [5.74, 6) is 1.36. The summed E-state index contributed by atoms with van der Waals surface area (Å²) in [6, 6.07) is 8.42. The molecule has 3 rings (SSSR count). The molecule has 2 atom stereocenters. The fourth-order valence-electron chi connectivity index (χ4n) is 2.43. The first-order chi connectivity index (χ1) is 7.79. The molecule has 2 heterocycles. The molecule has 84 valence electrons. The normalized spacial score (nSPS) is 27.8. The molecule has 1 aromatic carbocycles. The summed E-state index contributed by atoms with van der Waals surface area (Å²) in [7, 11) is 0. The zero-order valence-corrected chi connectivity index (χ0v) is 9.74. The summed E-state index contributed by atoms with van der Waals surface area (Å²) < 4.78 is 0. The molecule has 0 aliphatic carbocycles. The Morgan fingerprint density at radius 1 is 1.38 bits per heavy atom. The third-order valence-corrected chi connectivity index (χ3v) is 4.68. The molecule has 2 fully saturated rings. The van der Waals surface area contributed by atoms with Gasteiger partial charge in [0.2, 0.25) is 5.91 Å². The van der Waals surface area contributed by atoms with E-state index in [0.717, 1.165) is 23.4 Å². The highest BCUT2D eigenvalue weighted by atomic mass is 32.2. The van der Waals surface area contributed by atoms with E-state index in [0.29, 0.717) is 12.6 Å². The number of hydrogen-bond acceptors (Lipinski definition) is 3. The van der Waals surface area contributed by atoms with Crippen LogP contribution < -0.4 is 10.6 Å². The zero-order chi connectivity index (χ0) is 11.1. The minimum Gasteiger partial charge on any atom is -0.326 e. The zero-order valence-electron chi connectivity index (χ0n) is 8.93. The van der Waals surface area contributed by atoms with E-state index < -0.39 is 0 Å². The van der Waals surface area contributed by atoms with Crippen molar-refractivity contribution in [2.75, 3.05) is 10.7 Å². The van der Waals surface area contributed by atoms with Crippen molar-refractivity contribution in [3.05, 3.63) is 29.8 Å². The number of carbonyl (C=O) groups excluding carboxylic acids is 1. The van der Waals surface area contributed by atoms with Crippen LogP contribution in [-0.4, -0.2) is 23.0 Å². The molecule has 1 aromatic rings. The van der Waals surface area contributed by atoms with Crippen molar-refractivity contribution in [2.45, 2.75) is 24.3 Å². The van der Waals surface area contributed by atoms with Crippen molar-refractivity contribution in [2.24, 2.45) is 5.73 Å². The average Bonchev–Trinajstić information content (AvgIpc) is 2.90. The Hall–Kier alpha value is -1.00. The van der Waals surface area contributed by atoms with E-state index in [1.54, 1.807) is 11.8 Å². The molecule has 2 unspecified atom stereocenters. The van der Waals surface area contributed by atoms with Crippen LogP contribution in [0.25, 0.3) is 0 Å². The lowest BCUT2D eigenvalue weighted by molar-refractivity contribution is -0.116. The van der Waals surface area contributed by atoms with Gasteiger partial charge in [-0.2, -0.15) is 0 Å². The summed E-state index contributed by atoms with van der Waals surface area (Å²) in [5.41, 5.74) is 7.69. The number of thioether (sulfide) groups is 1. The van der Waals surface area contributed by atoms with E-state index in [1.165, 1.54) is 0 Å². The largest absolute Gasteiger partial charge is 0.326 e. The molecule has 0 radical (unpaired) electrons. The van der Waals surface area contributed by atoms with Crippen LogP contribution in [0.5, 0.6) is 0 Å². The molecule has 2 aliphatic rings. The number of fused-ring (bicyclic) bond motifs is 2. The molecule has 2 N–H and O–H groups in total. The SMILES string of the molecule is NCc1ccc(N2C(=O)C3CC2CS3)cc1. The van der Waals surface area contributed by atoms with Gasteiger partial charge in [0, 0.05) is 24.0 Å². The second-order valence-corrected chi connectivity index (χ2v) is 5.53. The first-order valence-corrected chi connectivity index (χ1v) is 6.58. The van der Waals surface area contributed by atoms with Gasteiger partial charge >= 0.3 is 0 Å². The minimum absolute atomic E-state index is 0.208. The highest BCUT2D eigenvalue weighted by molar-refractivity contribution is 8.01. The van der Waals surface area contributed by atoms with Crippen molar-refractivity contribution in [1.29, 1.82) is 0 Å². The van der Waals surface area contributed by atoms with Crippen LogP contribution in [0.15, 0.2) is 24.3 Å². The van der Waals surface area contributed by atoms with Gasteiger partial charge in [0.25, 0.3) is 0 Å². The van der Waals surface area contributed by atoms with E-state index >= 15 is 0 Å². The van der Waals surface area contributed by atoms with E-state index in [4.69, 9.17) is 5.73 Å². The van der Waals surface area contributed by atoms with Crippen molar-refractivity contribution in [3.63, 3.8) is 0 Å². The third kappa shape index (κ3) is 1.44. The van der Waals surface area contributed by atoms with Gasteiger partial charge < -0.3 is 10.6 Å². The first-order valence-electron chi connectivity index (χ1n) is 5.53. The molecular weight excluding hydrogens is 220 g/mol. The molecule has 2 bridgehead atoms. The van der Waals surface area contributed by atoms with Crippen molar-refractivity contribution in [1.82, 2.24) is 0 Å². The summed E-state index contributed by atoms with van der Waals surface area (Å²) >= 11 is 1.80. The molecule has 4 heteroatoms. The van der Waals surface area contributed by atoms with Gasteiger partial charge in [0.05, 0.1) is 5.25 Å². The third-order valence-electron chi connectivity index (χ3n) is 3.30. The molecule has 3 nitrogen and oxygen atoms in total. The highest BCUT2D eigenvalue weighted by Crippen LogP contribution is 2.40. The average molecular weight is 234 g/mol. The maximum Gasteiger partial charge on any atom is 0.240 e. The maximum atomic E-state index is 12.0. The smallest absolute Gasteiger partial charge is 0.240 e. The first kappa shape index (κ1) is 10.2. The van der Waals surface area contributed by atoms with Crippen molar-refractivity contribution >= 4 is 23.4 Å². The molecule has 1 amide bonds. The lowest BCUT2D eigenvalue weighted by atomic mass is 10.2. The topological polar surface area (TPSA) is 46.3 Å². The van der Waals surface area contributed by atoms with Crippen LogP contribution in [0, 0.1) is 0 Å². The number of amides is 1. The van der Waals surface area contributed by atoms with Crippen molar-refractivity contribution < 1.29 is 4.79 Å². The number of nitrogens with two attached hydrogens (primary N) is 1. The monoisotopic (exact) mass is 234 g/mol. The fourth-order valence-corrected chi connectivity index (χ4v) is 3.78. The molecule has 0 spiro atoms. The Morgan fingerprint density at radius 3 is 2.69 bits per heavy atom. The number of rotatable bonds is 2. The van der Waals surface area contributed by atoms with E-state index in [-0.39, 0.29) is 11.2 Å². The van der Waals surface area contributed by atoms with Gasteiger partial charge in [0.1, 0.15) is 0 Å². The molecular formula is C12H14N2OS. The van der Waals surface area contributed by atoms with Crippen LogP contribution in [0.3, 0.4) is 0 Å². The van der Waals surface area contributed by atoms with Crippen LogP contribution in [0.2, 0.25) is 0 Å². The van der Waals surface area contributed by atoms with Gasteiger partial charge in [-0.1, -0.05) is 12.1 Å². The van der Waals surface area contributed by atoms with Crippen LogP contribution in [0.4, 0.5) is 5.69 Å². The lowest BCUT2D eigenvalue weighted by Gasteiger charge is -2.26. The second-order valence-electron chi connectivity index (χ2n) is 4.29. The maximum absolute atomic E-state index is 12.0. The molecule has 0 saturated carbocycles. The minimum atomic E-state index is 0.208. The van der Waals surface area contributed by atoms with Gasteiger partial charge in [-0.3, -0.25) is 4.79 Å². The number of carbonyl (C=O) groups is 1. The molecule has 0 aromatic heterocycles. The van der Waals surface area contributed by atoms with E-state index in [2.05, 4.69) is 0 Å². The fraction of sp³-hybridized carbons (Fsp3) is 0.417. The van der Waals surface area contributed by atoms with Gasteiger partial charge in [-0.05, 0) is 24.1 Å². The quantitative estimate of drug-likeness (QED) is 0.840. The number of benzene rings is 1. The van der Waals surface area contributed by atoms with Gasteiger partial charge in [0.15, 0.2) is 0 Å². The second kappa shape index (κ2) is 3.79.